The molecule has 2 aromatic heterocycles. The molecule has 4 aromatic rings. The Morgan fingerprint density at radius 3 is 3.00 bits per heavy atom. The van der Waals surface area contributed by atoms with Crippen molar-refractivity contribution in [2.75, 3.05) is 13.2 Å². The fraction of sp³-hybridized carbons (Fsp3) is 0.143. The first-order chi connectivity index (χ1) is 12.8. The third-order valence-electron chi connectivity index (χ3n) is 4.29. The maximum absolute atomic E-state index is 12.2. The highest BCUT2D eigenvalue weighted by atomic mass is 16.5. The number of ether oxygens (including phenoxy) is 1. The average molecular weight is 345 g/mol. The molecule has 2 N–H and O–H groups in total. The second kappa shape index (κ2) is 7.27. The number of nitrogens with zero attached hydrogens (tertiary/aromatic N) is 1. The lowest BCUT2D eigenvalue weighted by atomic mass is 10.1. The first kappa shape index (κ1) is 16.1. The molecule has 2 heterocycles. The number of aromatic nitrogens is 2. The molecule has 2 aromatic carbocycles. The van der Waals surface area contributed by atoms with Crippen LogP contribution < -0.4 is 10.1 Å². The van der Waals surface area contributed by atoms with E-state index in [9.17, 15) is 4.79 Å². The molecule has 0 aliphatic rings. The Kier molecular flexibility index (Phi) is 4.51. The van der Waals surface area contributed by atoms with Crippen LogP contribution in [0.1, 0.15) is 5.56 Å². The van der Waals surface area contributed by atoms with Gasteiger partial charge in [-0.3, -0.25) is 9.78 Å². The minimum absolute atomic E-state index is 0.0129. The lowest BCUT2D eigenvalue weighted by Gasteiger charge is -2.08. The van der Waals surface area contributed by atoms with Crippen LogP contribution >= 0.6 is 0 Å². The van der Waals surface area contributed by atoms with E-state index in [1.54, 1.807) is 6.20 Å². The van der Waals surface area contributed by atoms with Crippen molar-refractivity contribution >= 4 is 27.7 Å². The number of benzene rings is 2. The van der Waals surface area contributed by atoms with E-state index in [-0.39, 0.29) is 5.91 Å². The van der Waals surface area contributed by atoms with Crippen molar-refractivity contribution in [3.8, 4) is 5.75 Å². The molecule has 0 unspecified atom stereocenters. The average Bonchev–Trinajstić information content (AvgIpc) is 3.08. The standard InChI is InChI=1S/C21H19N3O2/c25-21(13-16-14-24-20-6-2-1-5-18(16)20)23-10-11-26-17-7-8-19-15(12-17)4-3-9-22-19/h1-9,12,14,24H,10-11,13H2,(H,23,25). The lowest BCUT2D eigenvalue weighted by molar-refractivity contribution is -0.120. The minimum atomic E-state index is -0.0129. The summed E-state index contributed by atoms with van der Waals surface area (Å²) < 4.78 is 5.72. The van der Waals surface area contributed by atoms with Gasteiger partial charge in [-0.15, -0.1) is 0 Å². The topological polar surface area (TPSA) is 67.0 Å². The number of para-hydroxylation sites is 1. The van der Waals surface area contributed by atoms with Gasteiger partial charge in [0.2, 0.25) is 5.91 Å². The third kappa shape index (κ3) is 3.52. The monoisotopic (exact) mass is 345 g/mol. The Morgan fingerprint density at radius 2 is 2.04 bits per heavy atom. The summed E-state index contributed by atoms with van der Waals surface area (Å²) in [6, 6.07) is 17.7. The second-order valence-electron chi connectivity index (χ2n) is 6.09. The molecule has 5 heteroatoms. The van der Waals surface area contributed by atoms with E-state index in [1.165, 1.54) is 0 Å². The quantitative estimate of drug-likeness (QED) is 0.526. The first-order valence-electron chi connectivity index (χ1n) is 8.59. The van der Waals surface area contributed by atoms with Crippen molar-refractivity contribution in [2.45, 2.75) is 6.42 Å². The van der Waals surface area contributed by atoms with Crippen LogP contribution in [0.3, 0.4) is 0 Å². The van der Waals surface area contributed by atoms with Crippen molar-refractivity contribution < 1.29 is 9.53 Å². The van der Waals surface area contributed by atoms with Crippen LogP contribution in [0, 0.1) is 0 Å². The van der Waals surface area contributed by atoms with Crippen molar-refractivity contribution in [1.82, 2.24) is 15.3 Å². The molecule has 0 saturated heterocycles. The summed E-state index contributed by atoms with van der Waals surface area (Å²) in [5, 5.41) is 5.03. The maximum atomic E-state index is 12.2. The second-order valence-corrected chi connectivity index (χ2v) is 6.09. The smallest absolute Gasteiger partial charge is 0.224 e. The number of fused-ring (bicyclic) bond motifs is 2. The maximum Gasteiger partial charge on any atom is 0.224 e. The van der Waals surface area contributed by atoms with Gasteiger partial charge in [-0.2, -0.15) is 0 Å². The summed E-state index contributed by atoms with van der Waals surface area (Å²) in [6.45, 7) is 0.887. The number of aromatic amines is 1. The molecule has 5 nitrogen and oxygen atoms in total. The predicted molar refractivity (Wildman–Crippen MR) is 102 cm³/mol. The zero-order chi connectivity index (χ0) is 17.8. The Balaban J connectivity index is 1.28. The molecule has 0 fully saturated rings. The van der Waals surface area contributed by atoms with Gasteiger partial charge in [0.15, 0.2) is 0 Å². The molecule has 26 heavy (non-hydrogen) atoms. The van der Waals surface area contributed by atoms with Crippen LogP contribution in [-0.2, 0) is 11.2 Å². The molecule has 0 saturated carbocycles. The fourth-order valence-electron chi connectivity index (χ4n) is 3.02. The number of amides is 1. The number of nitrogens with one attached hydrogen (secondary N) is 2. The van der Waals surface area contributed by atoms with Crippen molar-refractivity contribution in [2.24, 2.45) is 0 Å². The largest absolute Gasteiger partial charge is 0.492 e. The first-order valence-corrected chi connectivity index (χ1v) is 8.59. The van der Waals surface area contributed by atoms with Crippen LogP contribution in [0.15, 0.2) is 67.0 Å². The van der Waals surface area contributed by atoms with E-state index in [0.29, 0.717) is 19.6 Å². The van der Waals surface area contributed by atoms with Gasteiger partial charge in [-0.05, 0) is 35.9 Å². The number of carbonyl (C=O) groups excluding carboxylic acids is 1. The minimum Gasteiger partial charge on any atom is -0.492 e. The number of rotatable bonds is 6. The van der Waals surface area contributed by atoms with Gasteiger partial charge in [0, 0.05) is 28.7 Å². The highest BCUT2D eigenvalue weighted by Gasteiger charge is 2.08. The van der Waals surface area contributed by atoms with Crippen LogP contribution in [0.4, 0.5) is 0 Å². The van der Waals surface area contributed by atoms with Crippen LogP contribution in [0.25, 0.3) is 21.8 Å². The van der Waals surface area contributed by atoms with Gasteiger partial charge >= 0.3 is 0 Å². The molecule has 0 aliphatic carbocycles. The van der Waals surface area contributed by atoms with Gasteiger partial charge in [-0.1, -0.05) is 24.3 Å². The molecule has 0 aliphatic heterocycles. The number of pyridine rings is 1. The molecule has 0 atom stereocenters. The molecule has 1 amide bonds. The molecule has 0 spiro atoms. The van der Waals surface area contributed by atoms with Gasteiger partial charge in [-0.25, -0.2) is 0 Å². The van der Waals surface area contributed by atoms with Gasteiger partial charge in [0.1, 0.15) is 12.4 Å². The van der Waals surface area contributed by atoms with Crippen LogP contribution in [-0.4, -0.2) is 29.0 Å². The van der Waals surface area contributed by atoms with E-state index in [4.69, 9.17) is 4.74 Å². The summed E-state index contributed by atoms with van der Waals surface area (Å²) in [7, 11) is 0. The Morgan fingerprint density at radius 1 is 1.12 bits per heavy atom. The van der Waals surface area contributed by atoms with Crippen LogP contribution in [0.5, 0.6) is 5.75 Å². The highest BCUT2D eigenvalue weighted by molar-refractivity contribution is 5.88. The molecule has 0 bridgehead atoms. The molecule has 130 valence electrons. The normalized spacial score (nSPS) is 10.9. The zero-order valence-electron chi connectivity index (χ0n) is 14.2. The van der Waals surface area contributed by atoms with Crippen molar-refractivity contribution in [3.63, 3.8) is 0 Å². The molecule has 0 radical (unpaired) electrons. The number of hydrogen-bond acceptors (Lipinski definition) is 3. The molecule has 4 rings (SSSR count). The van der Waals surface area contributed by atoms with E-state index in [2.05, 4.69) is 15.3 Å². The highest BCUT2D eigenvalue weighted by Crippen LogP contribution is 2.19. The van der Waals surface area contributed by atoms with E-state index >= 15 is 0 Å². The Hall–Kier alpha value is -3.34. The van der Waals surface area contributed by atoms with Gasteiger partial charge in [0.05, 0.1) is 18.5 Å². The Labute approximate surface area is 151 Å². The SMILES string of the molecule is O=C(Cc1c[nH]c2ccccc12)NCCOc1ccc2ncccc2c1. The Bertz CT molecular complexity index is 1060. The van der Waals surface area contributed by atoms with Crippen molar-refractivity contribution in [1.29, 1.82) is 0 Å². The summed E-state index contributed by atoms with van der Waals surface area (Å²) in [5.74, 6) is 0.762. The number of carbonyl (C=O) groups is 1. The number of hydrogen-bond donors (Lipinski definition) is 2. The van der Waals surface area contributed by atoms with E-state index in [1.807, 2.05) is 60.8 Å². The van der Waals surface area contributed by atoms with Crippen molar-refractivity contribution in [3.05, 3.63) is 72.6 Å². The fourth-order valence-corrected chi connectivity index (χ4v) is 3.02. The third-order valence-corrected chi connectivity index (χ3v) is 4.29. The lowest BCUT2D eigenvalue weighted by Crippen LogP contribution is -2.29. The number of H-pyrrole nitrogens is 1. The van der Waals surface area contributed by atoms with Gasteiger partial charge in [0.25, 0.3) is 0 Å². The zero-order valence-corrected chi connectivity index (χ0v) is 14.2. The summed E-state index contributed by atoms with van der Waals surface area (Å²) in [5.41, 5.74) is 2.98. The predicted octanol–water partition coefficient (Wildman–Crippen LogP) is 3.45. The summed E-state index contributed by atoms with van der Waals surface area (Å²) >= 11 is 0. The van der Waals surface area contributed by atoms with Gasteiger partial charge < -0.3 is 15.0 Å². The molecular formula is C21H19N3O2. The van der Waals surface area contributed by atoms with E-state index in [0.717, 1.165) is 33.1 Å². The van der Waals surface area contributed by atoms with Crippen LogP contribution in [0.2, 0.25) is 0 Å². The summed E-state index contributed by atoms with van der Waals surface area (Å²) in [6.07, 6.45) is 4.02. The molecular weight excluding hydrogens is 326 g/mol. The summed E-state index contributed by atoms with van der Waals surface area (Å²) in [4.78, 5) is 19.6. The van der Waals surface area contributed by atoms with E-state index < -0.39 is 0 Å².